The number of nitro benzene ring substituents is 1. The number of rotatable bonds is 4. The molecule has 1 fully saturated rings. The van der Waals surface area contributed by atoms with Crippen molar-refractivity contribution in [2.45, 2.75) is 18.9 Å². The summed E-state index contributed by atoms with van der Waals surface area (Å²) in [5.74, 6) is -1.34. The average Bonchev–Trinajstić information content (AvgIpc) is 2.38. The van der Waals surface area contributed by atoms with E-state index in [0.717, 1.165) is 6.07 Å². The summed E-state index contributed by atoms with van der Waals surface area (Å²) in [5, 5.41) is 20.2. The molecule has 0 radical (unpaired) electrons. The molecule has 21 heavy (non-hydrogen) atoms. The van der Waals surface area contributed by atoms with E-state index >= 15 is 0 Å². The minimum Gasteiger partial charge on any atom is -0.396 e. The van der Waals surface area contributed by atoms with Gasteiger partial charge in [0.1, 0.15) is 5.56 Å². The quantitative estimate of drug-likeness (QED) is 0.492. The first-order chi connectivity index (χ1) is 9.79. The fraction of sp³-hybridized carbons (Fsp3) is 0.462. The number of nitrogens with two attached hydrogens (primary N) is 1. The van der Waals surface area contributed by atoms with Crippen LogP contribution in [0.3, 0.4) is 0 Å². The highest BCUT2D eigenvalue weighted by molar-refractivity contribution is 5.99. The van der Waals surface area contributed by atoms with Crippen LogP contribution >= 0.6 is 0 Å². The normalized spacial score (nSPS) is 20.7. The second-order valence-corrected chi connectivity index (χ2v) is 5.32. The smallest absolute Gasteiger partial charge is 0.285 e. The van der Waals surface area contributed by atoms with Gasteiger partial charge in [0.2, 0.25) is 0 Å². The molecule has 0 heterocycles. The first-order valence-electron chi connectivity index (χ1n) is 6.46. The predicted octanol–water partition coefficient (Wildman–Crippen LogP) is 1.16. The van der Waals surface area contributed by atoms with E-state index in [4.69, 9.17) is 5.73 Å². The van der Waals surface area contributed by atoms with Crippen molar-refractivity contribution in [1.82, 2.24) is 4.90 Å². The molecule has 0 bridgehead atoms. The summed E-state index contributed by atoms with van der Waals surface area (Å²) >= 11 is 0. The van der Waals surface area contributed by atoms with E-state index in [-0.39, 0.29) is 23.3 Å². The van der Waals surface area contributed by atoms with E-state index in [1.54, 1.807) is 0 Å². The number of nitrogen functional groups attached to an aromatic ring is 1. The zero-order chi connectivity index (χ0) is 15.7. The molecule has 114 valence electrons. The minimum absolute atomic E-state index is 0.172. The average molecular weight is 297 g/mol. The van der Waals surface area contributed by atoms with Crippen molar-refractivity contribution in [3.05, 3.63) is 33.6 Å². The molecule has 0 spiro atoms. The number of carbonyl (C=O) groups is 1. The maximum atomic E-state index is 13.3. The summed E-state index contributed by atoms with van der Waals surface area (Å²) in [6.07, 6.45) is 0.866. The van der Waals surface area contributed by atoms with Crippen molar-refractivity contribution in [2.75, 3.05) is 19.3 Å². The van der Waals surface area contributed by atoms with Crippen LogP contribution in [0, 0.1) is 21.8 Å². The maximum absolute atomic E-state index is 13.3. The second kappa shape index (κ2) is 5.65. The number of hydrogen-bond acceptors (Lipinski definition) is 5. The van der Waals surface area contributed by atoms with Gasteiger partial charge in [0.15, 0.2) is 5.82 Å². The Morgan fingerprint density at radius 2 is 2.19 bits per heavy atom. The molecule has 1 saturated carbocycles. The molecule has 2 rings (SSSR count). The van der Waals surface area contributed by atoms with Crippen molar-refractivity contribution in [2.24, 2.45) is 5.92 Å². The largest absolute Gasteiger partial charge is 0.396 e. The van der Waals surface area contributed by atoms with Gasteiger partial charge in [-0.05, 0) is 24.8 Å². The monoisotopic (exact) mass is 297 g/mol. The second-order valence-electron chi connectivity index (χ2n) is 5.32. The van der Waals surface area contributed by atoms with E-state index in [0.29, 0.717) is 25.5 Å². The zero-order valence-electron chi connectivity index (χ0n) is 11.5. The Labute approximate surface area is 120 Å². The van der Waals surface area contributed by atoms with E-state index in [1.165, 1.54) is 11.9 Å². The number of amides is 1. The lowest BCUT2D eigenvalue weighted by molar-refractivity contribution is -0.385. The Kier molecular flexibility index (Phi) is 4.08. The Hall–Kier alpha value is -2.22. The Morgan fingerprint density at radius 3 is 2.71 bits per heavy atom. The highest BCUT2D eigenvalue weighted by atomic mass is 19.1. The molecular weight excluding hydrogens is 281 g/mol. The molecule has 1 amide bonds. The van der Waals surface area contributed by atoms with Crippen LogP contribution in [0.4, 0.5) is 15.8 Å². The molecule has 0 unspecified atom stereocenters. The minimum atomic E-state index is -0.928. The summed E-state index contributed by atoms with van der Waals surface area (Å²) in [7, 11) is 1.51. The number of benzene rings is 1. The zero-order valence-corrected chi connectivity index (χ0v) is 11.5. The van der Waals surface area contributed by atoms with Crippen LogP contribution in [0.15, 0.2) is 12.1 Å². The first kappa shape index (κ1) is 15.2. The van der Waals surface area contributed by atoms with Crippen molar-refractivity contribution >= 4 is 17.3 Å². The lowest BCUT2D eigenvalue weighted by Crippen LogP contribution is -2.39. The third kappa shape index (κ3) is 3.10. The summed E-state index contributed by atoms with van der Waals surface area (Å²) in [6, 6.07) is 1.64. The molecule has 1 aromatic carbocycles. The molecule has 3 N–H and O–H groups in total. The van der Waals surface area contributed by atoms with Crippen LogP contribution in [-0.4, -0.2) is 40.5 Å². The SMILES string of the molecule is CN(CC1CC(O)C1)C(=O)c1cc(N)c(F)cc1[N+](=O)[O-]. The van der Waals surface area contributed by atoms with Crippen molar-refractivity contribution in [3.8, 4) is 0 Å². The van der Waals surface area contributed by atoms with Gasteiger partial charge in [-0.25, -0.2) is 4.39 Å². The van der Waals surface area contributed by atoms with Gasteiger partial charge < -0.3 is 15.7 Å². The van der Waals surface area contributed by atoms with Gasteiger partial charge in [-0.15, -0.1) is 0 Å². The van der Waals surface area contributed by atoms with Crippen LogP contribution in [0.1, 0.15) is 23.2 Å². The molecule has 1 aliphatic rings. The van der Waals surface area contributed by atoms with Crippen LogP contribution in [0.2, 0.25) is 0 Å². The van der Waals surface area contributed by atoms with Gasteiger partial charge in [-0.1, -0.05) is 0 Å². The summed E-state index contributed by atoms with van der Waals surface area (Å²) in [5.41, 5.74) is 4.23. The summed E-state index contributed by atoms with van der Waals surface area (Å²) < 4.78 is 13.3. The summed E-state index contributed by atoms with van der Waals surface area (Å²) in [6.45, 7) is 0.379. The fourth-order valence-corrected chi connectivity index (χ4v) is 2.43. The van der Waals surface area contributed by atoms with Crippen LogP contribution < -0.4 is 5.73 Å². The molecule has 0 atom stereocenters. The van der Waals surface area contributed by atoms with Gasteiger partial charge >= 0.3 is 0 Å². The predicted molar refractivity (Wildman–Crippen MR) is 73.2 cm³/mol. The molecule has 1 aromatic rings. The third-order valence-corrected chi connectivity index (χ3v) is 3.63. The lowest BCUT2D eigenvalue weighted by atomic mass is 9.82. The maximum Gasteiger partial charge on any atom is 0.285 e. The molecule has 1 aliphatic carbocycles. The van der Waals surface area contributed by atoms with Crippen LogP contribution in [-0.2, 0) is 0 Å². The number of aliphatic hydroxyl groups is 1. The number of nitrogens with zero attached hydrogens (tertiary/aromatic N) is 2. The number of carbonyl (C=O) groups excluding carboxylic acids is 1. The van der Waals surface area contributed by atoms with Crippen molar-refractivity contribution in [1.29, 1.82) is 0 Å². The van der Waals surface area contributed by atoms with Crippen LogP contribution in [0.5, 0.6) is 0 Å². The number of hydrogen-bond donors (Lipinski definition) is 2. The highest BCUT2D eigenvalue weighted by Crippen LogP contribution is 2.29. The van der Waals surface area contributed by atoms with Gasteiger partial charge in [0.25, 0.3) is 11.6 Å². The Bertz CT molecular complexity index is 587. The van der Waals surface area contributed by atoms with Crippen LogP contribution in [0.25, 0.3) is 0 Å². The Balaban J connectivity index is 2.21. The molecule has 8 heteroatoms. The standard InChI is InChI=1S/C13H16FN3O4/c1-16(6-7-2-8(18)3-7)13(19)9-4-11(15)10(14)5-12(9)17(20)21/h4-5,7-8,18H,2-3,6,15H2,1H3. The van der Waals surface area contributed by atoms with Crippen molar-refractivity contribution in [3.63, 3.8) is 0 Å². The van der Waals surface area contributed by atoms with Gasteiger partial charge in [0, 0.05) is 13.6 Å². The number of halogens is 1. The van der Waals surface area contributed by atoms with E-state index in [9.17, 15) is 24.4 Å². The third-order valence-electron chi connectivity index (χ3n) is 3.63. The number of aliphatic hydroxyl groups excluding tert-OH is 1. The molecule has 0 aliphatic heterocycles. The fourth-order valence-electron chi connectivity index (χ4n) is 2.43. The topological polar surface area (TPSA) is 110 Å². The number of anilines is 1. The van der Waals surface area contributed by atoms with Gasteiger partial charge in [0.05, 0.1) is 22.8 Å². The lowest BCUT2D eigenvalue weighted by Gasteiger charge is -2.34. The Morgan fingerprint density at radius 1 is 1.57 bits per heavy atom. The van der Waals surface area contributed by atoms with Crippen molar-refractivity contribution < 1.29 is 19.2 Å². The van der Waals surface area contributed by atoms with E-state index < -0.39 is 22.3 Å². The first-order valence-corrected chi connectivity index (χ1v) is 6.46. The molecule has 0 aromatic heterocycles. The van der Waals surface area contributed by atoms with E-state index in [1.807, 2.05) is 0 Å². The summed E-state index contributed by atoms with van der Waals surface area (Å²) in [4.78, 5) is 23.7. The molecule has 0 saturated heterocycles. The number of nitro groups is 1. The molecule has 7 nitrogen and oxygen atoms in total. The van der Waals surface area contributed by atoms with Gasteiger partial charge in [-0.3, -0.25) is 14.9 Å². The highest BCUT2D eigenvalue weighted by Gasteiger charge is 2.31. The van der Waals surface area contributed by atoms with E-state index in [2.05, 4.69) is 0 Å². The van der Waals surface area contributed by atoms with Gasteiger partial charge in [-0.2, -0.15) is 0 Å². The molecular formula is C13H16FN3O4.